The van der Waals surface area contributed by atoms with Gasteiger partial charge in [0.15, 0.2) is 0 Å². The number of hydrogen-bond acceptors (Lipinski definition) is 4. The fourth-order valence-corrected chi connectivity index (χ4v) is 3.00. The van der Waals surface area contributed by atoms with Crippen LogP contribution in [0.15, 0.2) is 36.4 Å². The minimum absolute atomic E-state index is 0.0820. The van der Waals surface area contributed by atoms with Gasteiger partial charge in [0, 0.05) is 26.2 Å². The van der Waals surface area contributed by atoms with Crippen LogP contribution in [0.2, 0.25) is 0 Å². The van der Waals surface area contributed by atoms with Gasteiger partial charge in [0.2, 0.25) is 0 Å². The van der Waals surface area contributed by atoms with Gasteiger partial charge in [-0.25, -0.2) is 0 Å². The summed E-state index contributed by atoms with van der Waals surface area (Å²) in [5.41, 5.74) is 1.18. The Bertz CT molecular complexity index is 609. The van der Waals surface area contributed by atoms with Gasteiger partial charge < -0.3 is 15.2 Å². The molecule has 112 valence electrons. The molecule has 1 unspecified atom stereocenters. The van der Waals surface area contributed by atoms with Crippen molar-refractivity contribution in [2.24, 2.45) is 0 Å². The number of aliphatic hydroxyl groups excluding tert-OH is 1. The van der Waals surface area contributed by atoms with Gasteiger partial charge in [0.05, 0.1) is 19.8 Å². The maximum atomic E-state index is 9.80. The molecule has 1 fully saturated rings. The van der Waals surface area contributed by atoms with Crippen LogP contribution in [0, 0.1) is 0 Å². The van der Waals surface area contributed by atoms with Gasteiger partial charge in [-0.05, 0) is 34.5 Å². The maximum absolute atomic E-state index is 9.80. The van der Waals surface area contributed by atoms with Crippen LogP contribution >= 0.6 is 0 Å². The Labute approximate surface area is 125 Å². The van der Waals surface area contributed by atoms with Gasteiger partial charge in [-0.1, -0.05) is 18.2 Å². The number of rotatable bonds is 4. The highest BCUT2D eigenvalue weighted by molar-refractivity contribution is 5.84. The number of nitrogens with zero attached hydrogens (tertiary/aromatic N) is 1. The number of aliphatic hydroxyl groups is 1. The van der Waals surface area contributed by atoms with Crippen molar-refractivity contribution in [3.8, 4) is 5.75 Å². The third-order valence-corrected chi connectivity index (χ3v) is 4.22. The summed E-state index contributed by atoms with van der Waals surface area (Å²) < 4.78 is 5.26. The molecule has 2 aromatic rings. The Morgan fingerprint density at radius 3 is 2.57 bits per heavy atom. The predicted molar refractivity (Wildman–Crippen MR) is 84.8 cm³/mol. The summed E-state index contributed by atoms with van der Waals surface area (Å²) >= 11 is 0. The summed E-state index contributed by atoms with van der Waals surface area (Å²) in [7, 11) is 1.68. The average Bonchev–Trinajstić information content (AvgIpc) is 2.56. The highest BCUT2D eigenvalue weighted by Crippen LogP contribution is 2.27. The van der Waals surface area contributed by atoms with Gasteiger partial charge in [-0.3, -0.25) is 4.90 Å². The van der Waals surface area contributed by atoms with E-state index in [4.69, 9.17) is 4.74 Å². The lowest BCUT2D eigenvalue weighted by atomic mass is 10.0. The molecule has 0 bridgehead atoms. The highest BCUT2D eigenvalue weighted by atomic mass is 16.5. The van der Waals surface area contributed by atoms with E-state index < -0.39 is 0 Å². The molecule has 0 spiro atoms. The Hall–Kier alpha value is -1.62. The normalized spacial score (nSPS) is 17.8. The first-order valence-corrected chi connectivity index (χ1v) is 7.45. The molecule has 2 aromatic carbocycles. The van der Waals surface area contributed by atoms with Crippen LogP contribution in [-0.2, 0) is 0 Å². The molecular weight excluding hydrogens is 264 g/mol. The molecule has 4 heteroatoms. The number of hydrogen-bond donors (Lipinski definition) is 2. The minimum atomic E-state index is 0.0820. The van der Waals surface area contributed by atoms with Gasteiger partial charge in [-0.15, -0.1) is 0 Å². The second kappa shape index (κ2) is 6.43. The molecule has 1 aliphatic rings. The summed E-state index contributed by atoms with van der Waals surface area (Å²) in [5.74, 6) is 0.871. The maximum Gasteiger partial charge on any atom is 0.119 e. The summed E-state index contributed by atoms with van der Waals surface area (Å²) in [4.78, 5) is 2.35. The van der Waals surface area contributed by atoms with Gasteiger partial charge in [0.1, 0.15) is 5.75 Å². The lowest BCUT2D eigenvalue weighted by molar-refractivity contribution is 0.111. The van der Waals surface area contributed by atoms with Crippen molar-refractivity contribution in [2.75, 3.05) is 39.9 Å². The molecule has 0 saturated carbocycles. The molecule has 1 aliphatic heterocycles. The van der Waals surface area contributed by atoms with Crippen molar-refractivity contribution >= 4 is 10.8 Å². The first-order valence-electron chi connectivity index (χ1n) is 7.45. The standard InChI is InChI=1S/C17H22N2O2/c1-21-16-5-4-13-10-15(3-2-14(13)11-16)17(12-20)19-8-6-18-7-9-19/h2-5,10-11,17-18,20H,6-9,12H2,1H3. The van der Waals surface area contributed by atoms with Crippen molar-refractivity contribution in [3.63, 3.8) is 0 Å². The molecule has 2 N–H and O–H groups in total. The smallest absolute Gasteiger partial charge is 0.119 e. The molecule has 3 rings (SSSR count). The monoisotopic (exact) mass is 286 g/mol. The number of methoxy groups -OCH3 is 1. The number of piperazine rings is 1. The van der Waals surface area contributed by atoms with E-state index >= 15 is 0 Å². The number of fused-ring (bicyclic) bond motifs is 1. The van der Waals surface area contributed by atoms with Crippen molar-refractivity contribution < 1.29 is 9.84 Å². The Morgan fingerprint density at radius 2 is 1.86 bits per heavy atom. The Morgan fingerprint density at radius 1 is 1.14 bits per heavy atom. The second-order valence-corrected chi connectivity index (χ2v) is 5.46. The SMILES string of the molecule is COc1ccc2cc(C(CO)N3CCNCC3)ccc2c1. The van der Waals surface area contributed by atoms with Crippen LogP contribution in [0.3, 0.4) is 0 Å². The zero-order valence-electron chi connectivity index (χ0n) is 12.4. The van der Waals surface area contributed by atoms with E-state index in [0.717, 1.165) is 37.3 Å². The molecule has 1 atom stereocenters. The largest absolute Gasteiger partial charge is 0.497 e. The van der Waals surface area contributed by atoms with E-state index in [2.05, 4.69) is 34.5 Å². The second-order valence-electron chi connectivity index (χ2n) is 5.46. The van der Waals surface area contributed by atoms with Gasteiger partial charge in [0.25, 0.3) is 0 Å². The Kier molecular flexibility index (Phi) is 4.39. The Balaban J connectivity index is 1.91. The molecule has 0 aromatic heterocycles. The number of benzene rings is 2. The van der Waals surface area contributed by atoms with E-state index in [1.807, 2.05) is 12.1 Å². The summed E-state index contributed by atoms with van der Waals surface area (Å²) in [6, 6.07) is 12.6. The van der Waals surface area contributed by atoms with E-state index in [1.165, 1.54) is 10.9 Å². The third kappa shape index (κ3) is 3.02. The molecule has 4 nitrogen and oxygen atoms in total. The van der Waals surface area contributed by atoms with Crippen molar-refractivity contribution in [1.29, 1.82) is 0 Å². The highest BCUT2D eigenvalue weighted by Gasteiger charge is 2.21. The van der Waals surface area contributed by atoms with Crippen LogP contribution in [0.25, 0.3) is 10.8 Å². The van der Waals surface area contributed by atoms with Crippen LogP contribution in [0.4, 0.5) is 0 Å². The average molecular weight is 286 g/mol. The minimum Gasteiger partial charge on any atom is -0.497 e. The number of ether oxygens (including phenoxy) is 1. The van der Waals surface area contributed by atoms with Crippen molar-refractivity contribution in [3.05, 3.63) is 42.0 Å². The molecule has 0 amide bonds. The molecule has 1 saturated heterocycles. The quantitative estimate of drug-likeness (QED) is 0.899. The summed E-state index contributed by atoms with van der Waals surface area (Å²) in [6.07, 6.45) is 0. The summed E-state index contributed by atoms with van der Waals surface area (Å²) in [6.45, 7) is 4.09. The lowest BCUT2D eigenvalue weighted by Gasteiger charge is -2.34. The number of nitrogens with one attached hydrogen (secondary N) is 1. The van der Waals surface area contributed by atoms with Crippen LogP contribution in [-0.4, -0.2) is 49.9 Å². The predicted octanol–water partition coefficient (Wildman–Crippen LogP) is 1.79. The van der Waals surface area contributed by atoms with E-state index in [-0.39, 0.29) is 12.6 Å². The summed E-state index contributed by atoms with van der Waals surface area (Å²) in [5, 5.41) is 15.5. The first kappa shape index (κ1) is 14.3. The fraction of sp³-hybridized carbons (Fsp3) is 0.412. The van der Waals surface area contributed by atoms with E-state index in [0.29, 0.717) is 0 Å². The topological polar surface area (TPSA) is 44.7 Å². The van der Waals surface area contributed by atoms with E-state index in [9.17, 15) is 5.11 Å². The van der Waals surface area contributed by atoms with Crippen molar-refractivity contribution in [1.82, 2.24) is 10.2 Å². The van der Waals surface area contributed by atoms with Gasteiger partial charge >= 0.3 is 0 Å². The molecular formula is C17H22N2O2. The van der Waals surface area contributed by atoms with Gasteiger partial charge in [-0.2, -0.15) is 0 Å². The first-order chi connectivity index (χ1) is 10.3. The fourth-order valence-electron chi connectivity index (χ4n) is 3.00. The zero-order chi connectivity index (χ0) is 14.7. The molecule has 1 heterocycles. The van der Waals surface area contributed by atoms with Crippen LogP contribution in [0.1, 0.15) is 11.6 Å². The van der Waals surface area contributed by atoms with E-state index in [1.54, 1.807) is 7.11 Å². The third-order valence-electron chi connectivity index (χ3n) is 4.22. The molecule has 0 aliphatic carbocycles. The van der Waals surface area contributed by atoms with Crippen LogP contribution < -0.4 is 10.1 Å². The zero-order valence-corrected chi connectivity index (χ0v) is 12.4. The lowest BCUT2D eigenvalue weighted by Crippen LogP contribution is -2.46. The molecule has 0 radical (unpaired) electrons. The van der Waals surface area contributed by atoms with Crippen LogP contribution in [0.5, 0.6) is 5.75 Å². The van der Waals surface area contributed by atoms with Crippen molar-refractivity contribution in [2.45, 2.75) is 6.04 Å². The molecule has 21 heavy (non-hydrogen) atoms.